The normalized spacial score (nSPS) is 22.0. The number of carbonyl (C=O) groups excluding carboxylic acids is 2. The van der Waals surface area contributed by atoms with Crippen molar-refractivity contribution in [2.75, 3.05) is 31.2 Å². The van der Waals surface area contributed by atoms with E-state index in [1.54, 1.807) is 11.0 Å². The summed E-state index contributed by atoms with van der Waals surface area (Å²) in [6.45, 7) is 5.82. The third-order valence-corrected chi connectivity index (χ3v) is 4.49. The van der Waals surface area contributed by atoms with Gasteiger partial charge in [0.25, 0.3) is 11.8 Å². The third-order valence-electron chi connectivity index (χ3n) is 4.49. The van der Waals surface area contributed by atoms with Crippen LogP contribution in [-0.4, -0.2) is 55.3 Å². The summed E-state index contributed by atoms with van der Waals surface area (Å²) in [5.41, 5.74) is 8.53. The first-order valence-corrected chi connectivity index (χ1v) is 9.18. The number of aromatic nitrogens is 1. The van der Waals surface area contributed by atoms with Crippen molar-refractivity contribution in [1.29, 1.82) is 0 Å². The lowest BCUT2D eigenvalue weighted by atomic mass is 10.0. The molecule has 9 heteroatoms. The van der Waals surface area contributed by atoms with Crippen molar-refractivity contribution in [3.8, 4) is 0 Å². The van der Waals surface area contributed by atoms with Crippen LogP contribution in [0.5, 0.6) is 0 Å². The number of nitrogens with zero attached hydrogens (tertiary/aromatic N) is 2. The maximum atomic E-state index is 13.1. The Labute approximate surface area is 159 Å². The standard InChI is InChI=1S/C18H29N5O4/c1-12-10-13(2)27-16(12)18(25)23(7-9-26-8-3-5-22-20)14-4-6-21-15(11-14)17(19)24/h4,6,11-13,16,22H,3,5,7-10,20H2,1-2H3,(H2,19,24). The molecule has 0 bridgehead atoms. The Balaban J connectivity index is 2.11. The first kappa shape index (κ1) is 21.2. The predicted octanol–water partition coefficient (Wildman–Crippen LogP) is 0.197. The molecule has 1 fully saturated rings. The molecular formula is C18H29N5O4. The van der Waals surface area contributed by atoms with Gasteiger partial charge < -0.3 is 20.1 Å². The van der Waals surface area contributed by atoms with Gasteiger partial charge in [0.15, 0.2) is 0 Å². The predicted molar refractivity (Wildman–Crippen MR) is 101 cm³/mol. The number of hydrogen-bond donors (Lipinski definition) is 3. The van der Waals surface area contributed by atoms with Crippen LogP contribution in [0.25, 0.3) is 0 Å². The van der Waals surface area contributed by atoms with Crippen molar-refractivity contribution in [2.24, 2.45) is 17.5 Å². The molecule has 150 valence electrons. The molecule has 1 aliphatic rings. The zero-order valence-electron chi connectivity index (χ0n) is 15.9. The molecule has 0 spiro atoms. The minimum atomic E-state index is -0.645. The molecule has 2 amide bonds. The van der Waals surface area contributed by atoms with Gasteiger partial charge in [0, 0.05) is 31.6 Å². The van der Waals surface area contributed by atoms with Crippen LogP contribution in [0.2, 0.25) is 0 Å². The van der Waals surface area contributed by atoms with Gasteiger partial charge in [-0.2, -0.15) is 0 Å². The van der Waals surface area contributed by atoms with Crippen molar-refractivity contribution >= 4 is 17.5 Å². The summed E-state index contributed by atoms with van der Waals surface area (Å²) in [6, 6.07) is 3.19. The van der Waals surface area contributed by atoms with E-state index in [0.717, 1.165) is 12.8 Å². The summed E-state index contributed by atoms with van der Waals surface area (Å²) in [5.74, 6) is 4.54. The molecule has 2 rings (SSSR count). The van der Waals surface area contributed by atoms with E-state index in [-0.39, 0.29) is 23.6 Å². The molecule has 0 radical (unpaired) electrons. The van der Waals surface area contributed by atoms with Crippen molar-refractivity contribution in [2.45, 2.75) is 38.9 Å². The summed E-state index contributed by atoms with van der Waals surface area (Å²) in [7, 11) is 0. The third kappa shape index (κ3) is 5.96. The number of rotatable bonds is 10. The molecule has 3 unspecified atom stereocenters. The second kappa shape index (κ2) is 10.3. The van der Waals surface area contributed by atoms with E-state index in [2.05, 4.69) is 10.4 Å². The summed E-state index contributed by atoms with van der Waals surface area (Å²) in [4.78, 5) is 30.1. The van der Waals surface area contributed by atoms with Gasteiger partial charge in [-0.1, -0.05) is 6.92 Å². The van der Waals surface area contributed by atoms with Gasteiger partial charge in [0.05, 0.1) is 12.7 Å². The zero-order valence-corrected chi connectivity index (χ0v) is 15.9. The van der Waals surface area contributed by atoms with Crippen LogP contribution < -0.4 is 21.9 Å². The maximum Gasteiger partial charge on any atom is 0.267 e. The highest BCUT2D eigenvalue weighted by atomic mass is 16.5. The van der Waals surface area contributed by atoms with Crippen LogP contribution in [0.1, 0.15) is 37.2 Å². The lowest BCUT2D eigenvalue weighted by Gasteiger charge is -2.27. The van der Waals surface area contributed by atoms with Gasteiger partial charge in [-0.25, -0.2) is 0 Å². The minimum Gasteiger partial charge on any atom is -0.380 e. The summed E-state index contributed by atoms with van der Waals surface area (Å²) in [5, 5.41) is 0. The van der Waals surface area contributed by atoms with Crippen LogP contribution in [0, 0.1) is 5.92 Å². The largest absolute Gasteiger partial charge is 0.380 e. The van der Waals surface area contributed by atoms with Crippen molar-refractivity contribution in [3.05, 3.63) is 24.0 Å². The molecule has 1 aromatic rings. The Hall–Kier alpha value is -2.07. The summed E-state index contributed by atoms with van der Waals surface area (Å²) < 4.78 is 11.4. The SMILES string of the molecule is CC1CC(C)C(C(=O)N(CCOCCCNN)c2ccnc(C(N)=O)c2)O1. The quantitative estimate of drug-likeness (QED) is 0.300. The van der Waals surface area contributed by atoms with Crippen molar-refractivity contribution in [1.82, 2.24) is 10.4 Å². The molecule has 2 heterocycles. The van der Waals surface area contributed by atoms with Crippen LogP contribution in [0.4, 0.5) is 5.69 Å². The molecule has 9 nitrogen and oxygen atoms in total. The topological polar surface area (TPSA) is 133 Å². The fourth-order valence-electron chi connectivity index (χ4n) is 3.17. The van der Waals surface area contributed by atoms with E-state index in [0.29, 0.717) is 32.0 Å². The molecule has 5 N–H and O–H groups in total. The average molecular weight is 379 g/mol. The molecule has 1 aliphatic heterocycles. The number of primary amides is 1. The zero-order chi connectivity index (χ0) is 19.8. The second-order valence-corrected chi connectivity index (χ2v) is 6.75. The monoisotopic (exact) mass is 379 g/mol. The van der Waals surface area contributed by atoms with E-state index in [4.69, 9.17) is 21.1 Å². The number of hydrazine groups is 1. The molecule has 0 saturated carbocycles. The highest BCUT2D eigenvalue weighted by Crippen LogP contribution is 2.28. The van der Waals surface area contributed by atoms with Gasteiger partial charge in [-0.05, 0) is 37.8 Å². The van der Waals surface area contributed by atoms with E-state index in [1.165, 1.54) is 12.3 Å². The van der Waals surface area contributed by atoms with Gasteiger partial charge in [0.1, 0.15) is 11.8 Å². The first-order chi connectivity index (χ1) is 12.9. The Kier molecular flexibility index (Phi) is 8.11. The highest BCUT2D eigenvalue weighted by molar-refractivity contribution is 5.98. The van der Waals surface area contributed by atoms with Gasteiger partial charge in [0.2, 0.25) is 0 Å². The number of nitrogens with one attached hydrogen (secondary N) is 1. The molecule has 0 aromatic carbocycles. The van der Waals surface area contributed by atoms with Crippen LogP contribution >= 0.6 is 0 Å². The molecule has 3 atom stereocenters. The number of amides is 2. The number of anilines is 1. The highest BCUT2D eigenvalue weighted by Gasteiger charge is 2.38. The molecule has 0 aliphatic carbocycles. The van der Waals surface area contributed by atoms with E-state index >= 15 is 0 Å². The fraction of sp³-hybridized carbons (Fsp3) is 0.611. The Morgan fingerprint density at radius 2 is 2.19 bits per heavy atom. The Morgan fingerprint density at radius 3 is 2.81 bits per heavy atom. The number of nitrogens with two attached hydrogens (primary N) is 2. The Bertz CT molecular complexity index is 642. The fourth-order valence-corrected chi connectivity index (χ4v) is 3.17. The molecule has 1 saturated heterocycles. The number of hydrogen-bond acceptors (Lipinski definition) is 7. The maximum absolute atomic E-state index is 13.1. The van der Waals surface area contributed by atoms with Crippen LogP contribution in [0.3, 0.4) is 0 Å². The van der Waals surface area contributed by atoms with Crippen LogP contribution in [0.15, 0.2) is 18.3 Å². The van der Waals surface area contributed by atoms with Crippen molar-refractivity contribution < 1.29 is 19.1 Å². The molecule has 27 heavy (non-hydrogen) atoms. The number of carbonyl (C=O) groups is 2. The number of pyridine rings is 1. The second-order valence-electron chi connectivity index (χ2n) is 6.75. The van der Waals surface area contributed by atoms with Crippen molar-refractivity contribution in [3.63, 3.8) is 0 Å². The molecule has 1 aromatic heterocycles. The lowest BCUT2D eigenvalue weighted by Crippen LogP contribution is -2.43. The number of ether oxygens (including phenoxy) is 2. The van der Waals surface area contributed by atoms with E-state index in [1.807, 2.05) is 13.8 Å². The van der Waals surface area contributed by atoms with E-state index < -0.39 is 12.0 Å². The first-order valence-electron chi connectivity index (χ1n) is 9.18. The average Bonchev–Trinajstić information content (AvgIpc) is 2.99. The molecular weight excluding hydrogens is 350 g/mol. The Morgan fingerprint density at radius 1 is 1.41 bits per heavy atom. The van der Waals surface area contributed by atoms with E-state index in [9.17, 15) is 9.59 Å². The summed E-state index contributed by atoms with van der Waals surface area (Å²) >= 11 is 0. The lowest BCUT2D eigenvalue weighted by molar-refractivity contribution is -0.130. The van der Waals surface area contributed by atoms with Gasteiger partial charge in [-0.15, -0.1) is 0 Å². The van der Waals surface area contributed by atoms with Gasteiger partial charge in [-0.3, -0.25) is 25.8 Å². The minimum absolute atomic E-state index is 0.0365. The summed E-state index contributed by atoms with van der Waals surface area (Å²) in [6.07, 6.45) is 2.58. The smallest absolute Gasteiger partial charge is 0.267 e. The van der Waals surface area contributed by atoms with Gasteiger partial charge >= 0.3 is 0 Å². The van der Waals surface area contributed by atoms with Crippen LogP contribution in [-0.2, 0) is 14.3 Å².